The number of aliphatic imine (C=N–C) groups is 1. The number of carboxylic acids is 1. The number of alkyl halides is 3. The molecule has 12 heteroatoms. The van der Waals surface area contributed by atoms with Gasteiger partial charge in [0.1, 0.15) is 6.54 Å². The van der Waals surface area contributed by atoms with Crippen molar-refractivity contribution in [3.05, 3.63) is 69.2 Å². The summed E-state index contributed by atoms with van der Waals surface area (Å²) in [7, 11) is 1.53. The zero-order chi connectivity index (χ0) is 24.6. The largest absolute Gasteiger partial charge is 0.480 e. The van der Waals surface area contributed by atoms with Gasteiger partial charge in [-0.2, -0.15) is 23.3 Å². The molecule has 176 valence electrons. The Morgan fingerprint density at radius 3 is 2.74 bits per heavy atom. The van der Waals surface area contributed by atoms with Crippen molar-refractivity contribution in [1.29, 1.82) is 0 Å². The third-order valence-corrected chi connectivity index (χ3v) is 6.30. The van der Waals surface area contributed by atoms with E-state index in [-0.39, 0.29) is 28.8 Å². The van der Waals surface area contributed by atoms with Crippen LogP contribution < -0.4 is 0 Å². The highest BCUT2D eigenvalue weighted by molar-refractivity contribution is 8.18. The number of carbonyl (C=O) groups is 2. The van der Waals surface area contributed by atoms with Gasteiger partial charge in [0.05, 0.1) is 28.7 Å². The predicted molar refractivity (Wildman–Crippen MR) is 124 cm³/mol. The lowest BCUT2D eigenvalue weighted by molar-refractivity contribution is -0.138. The lowest BCUT2D eigenvalue weighted by atomic mass is 10.1. The molecule has 0 atom stereocenters. The van der Waals surface area contributed by atoms with Crippen molar-refractivity contribution < 1.29 is 27.9 Å². The van der Waals surface area contributed by atoms with Crippen molar-refractivity contribution in [2.24, 2.45) is 4.99 Å². The fourth-order valence-corrected chi connectivity index (χ4v) is 4.46. The van der Waals surface area contributed by atoms with E-state index in [9.17, 15) is 22.8 Å². The SMILES string of the molecule is CN(CC(=O)O)C1=NC(=O)/C(=C/c2ccc3c(cnn3Cc3ccc(Cl)cc3C(F)(F)F)c2)S1. The number of amides is 1. The average Bonchev–Trinajstić information content (AvgIpc) is 3.31. The van der Waals surface area contributed by atoms with Gasteiger partial charge in [-0.1, -0.05) is 23.7 Å². The molecule has 2 heterocycles. The fourth-order valence-electron chi connectivity index (χ4n) is 3.42. The number of amidine groups is 1. The number of thioether (sulfide) groups is 1. The van der Waals surface area contributed by atoms with Gasteiger partial charge in [-0.3, -0.25) is 14.3 Å². The third kappa shape index (κ3) is 5.10. The van der Waals surface area contributed by atoms with Gasteiger partial charge in [0.2, 0.25) is 0 Å². The zero-order valence-corrected chi connectivity index (χ0v) is 19.1. The molecule has 1 amide bonds. The van der Waals surface area contributed by atoms with E-state index in [0.29, 0.717) is 21.4 Å². The van der Waals surface area contributed by atoms with E-state index in [0.717, 1.165) is 17.8 Å². The van der Waals surface area contributed by atoms with Gasteiger partial charge in [-0.25, -0.2) is 0 Å². The first-order chi connectivity index (χ1) is 16.0. The van der Waals surface area contributed by atoms with Crippen molar-refractivity contribution in [2.75, 3.05) is 13.6 Å². The number of aliphatic carboxylic acids is 1. The van der Waals surface area contributed by atoms with Crippen LogP contribution in [-0.4, -0.2) is 50.4 Å². The van der Waals surface area contributed by atoms with Gasteiger partial charge in [-0.15, -0.1) is 0 Å². The van der Waals surface area contributed by atoms with Gasteiger partial charge in [0.25, 0.3) is 5.91 Å². The summed E-state index contributed by atoms with van der Waals surface area (Å²) in [4.78, 5) is 28.7. The van der Waals surface area contributed by atoms with Gasteiger partial charge in [-0.05, 0) is 53.2 Å². The Bertz CT molecular complexity index is 1370. The number of carboxylic acid groups (broad SMARTS) is 1. The molecule has 4 rings (SSSR count). The summed E-state index contributed by atoms with van der Waals surface area (Å²) in [5.74, 6) is -1.52. The molecule has 1 aromatic heterocycles. The molecule has 0 aliphatic carbocycles. The molecule has 0 spiro atoms. The number of hydrogen-bond acceptors (Lipinski definition) is 5. The topological polar surface area (TPSA) is 87.8 Å². The maximum absolute atomic E-state index is 13.4. The fraction of sp³-hybridized carbons (Fsp3) is 0.182. The van der Waals surface area contributed by atoms with Gasteiger partial charge < -0.3 is 10.0 Å². The van der Waals surface area contributed by atoms with E-state index in [1.54, 1.807) is 24.3 Å². The molecule has 0 radical (unpaired) electrons. The van der Waals surface area contributed by atoms with E-state index < -0.39 is 23.6 Å². The van der Waals surface area contributed by atoms with Crippen molar-refractivity contribution in [3.8, 4) is 0 Å². The first kappa shape index (κ1) is 23.8. The van der Waals surface area contributed by atoms with Crippen LogP contribution in [0.2, 0.25) is 5.02 Å². The van der Waals surface area contributed by atoms with Gasteiger partial charge in [0.15, 0.2) is 5.17 Å². The van der Waals surface area contributed by atoms with E-state index in [2.05, 4.69) is 10.1 Å². The Kier molecular flexibility index (Phi) is 6.41. The molecule has 0 bridgehead atoms. The van der Waals surface area contributed by atoms with Gasteiger partial charge in [0, 0.05) is 17.5 Å². The second-order valence-electron chi connectivity index (χ2n) is 7.48. The Balaban J connectivity index is 1.57. The summed E-state index contributed by atoms with van der Waals surface area (Å²) < 4.78 is 41.7. The normalized spacial score (nSPS) is 15.3. The molecule has 1 aliphatic rings. The van der Waals surface area contributed by atoms with Crippen LogP contribution in [0.15, 0.2) is 52.5 Å². The van der Waals surface area contributed by atoms with Crippen molar-refractivity contribution >= 4 is 57.4 Å². The molecule has 1 aliphatic heterocycles. The highest BCUT2D eigenvalue weighted by atomic mass is 35.5. The maximum atomic E-state index is 13.4. The van der Waals surface area contributed by atoms with Crippen molar-refractivity contribution in [2.45, 2.75) is 12.7 Å². The van der Waals surface area contributed by atoms with E-state index in [1.807, 2.05) is 0 Å². The van der Waals surface area contributed by atoms with Crippen LogP contribution in [0.5, 0.6) is 0 Å². The average molecular weight is 509 g/mol. The van der Waals surface area contributed by atoms with Crippen LogP contribution in [0.25, 0.3) is 17.0 Å². The first-order valence-corrected chi connectivity index (χ1v) is 11.0. The van der Waals surface area contributed by atoms with Crippen LogP contribution in [0.1, 0.15) is 16.7 Å². The van der Waals surface area contributed by atoms with Gasteiger partial charge >= 0.3 is 12.1 Å². The molecule has 34 heavy (non-hydrogen) atoms. The van der Waals surface area contributed by atoms with Crippen LogP contribution in [-0.2, 0) is 22.3 Å². The molecule has 2 aromatic carbocycles. The second kappa shape index (κ2) is 9.15. The molecule has 7 nitrogen and oxygen atoms in total. The number of benzene rings is 2. The highest BCUT2D eigenvalue weighted by Crippen LogP contribution is 2.35. The summed E-state index contributed by atoms with van der Waals surface area (Å²) in [6, 6.07) is 8.81. The molecule has 3 aromatic rings. The number of fused-ring (bicyclic) bond motifs is 1. The van der Waals surface area contributed by atoms with Crippen LogP contribution in [0, 0.1) is 0 Å². The highest BCUT2D eigenvalue weighted by Gasteiger charge is 2.33. The Hall–Kier alpha value is -3.31. The Labute approximate surface area is 200 Å². The van der Waals surface area contributed by atoms with Crippen molar-refractivity contribution in [1.82, 2.24) is 14.7 Å². The zero-order valence-electron chi connectivity index (χ0n) is 17.5. The summed E-state index contributed by atoms with van der Waals surface area (Å²) in [5, 5.41) is 14.1. The number of carbonyl (C=O) groups excluding carboxylic acids is 1. The maximum Gasteiger partial charge on any atom is 0.416 e. The number of nitrogens with zero attached hydrogens (tertiary/aromatic N) is 4. The second-order valence-corrected chi connectivity index (χ2v) is 8.93. The Morgan fingerprint density at radius 1 is 1.26 bits per heavy atom. The van der Waals surface area contributed by atoms with E-state index in [1.165, 1.54) is 35.0 Å². The summed E-state index contributed by atoms with van der Waals surface area (Å²) in [5.41, 5.74) is 0.512. The number of halogens is 4. The van der Waals surface area contributed by atoms with Crippen LogP contribution in [0.4, 0.5) is 13.2 Å². The Morgan fingerprint density at radius 2 is 2.03 bits per heavy atom. The van der Waals surface area contributed by atoms with Crippen molar-refractivity contribution in [3.63, 3.8) is 0 Å². The molecular formula is C22H16ClF3N4O3S. The summed E-state index contributed by atoms with van der Waals surface area (Å²) >= 11 is 6.82. The molecule has 0 fully saturated rings. The predicted octanol–water partition coefficient (Wildman–Crippen LogP) is 4.74. The minimum Gasteiger partial charge on any atom is -0.480 e. The van der Waals surface area contributed by atoms with Crippen LogP contribution in [0.3, 0.4) is 0 Å². The minimum absolute atomic E-state index is 0.000280. The monoisotopic (exact) mass is 508 g/mol. The quantitative estimate of drug-likeness (QED) is 0.501. The summed E-state index contributed by atoms with van der Waals surface area (Å²) in [6.07, 6.45) is -1.39. The van der Waals surface area contributed by atoms with Crippen LogP contribution >= 0.6 is 23.4 Å². The molecule has 1 N–H and O–H groups in total. The molecular weight excluding hydrogens is 493 g/mol. The molecule has 0 unspecified atom stereocenters. The number of likely N-dealkylation sites (N-methyl/N-ethyl adjacent to an activating group) is 1. The van der Waals surface area contributed by atoms with E-state index in [4.69, 9.17) is 16.7 Å². The molecule has 0 saturated carbocycles. The third-order valence-electron chi connectivity index (χ3n) is 4.97. The standard InChI is InChI=1S/C22H16ClF3N4O3S/c1-29(11-19(31)32)21-28-20(33)18(34-21)7-12-2-5-17-14(6-12)9-27-30(17)10-13-3-4-15(23)8-16(13)22(24,25)26/h2-9H,10-11H2,1H3,(H,31,32)/b18-7-. The summed E-state index contributed by atoms with van der Waals surface area (Å²) in [6.45, 7) is -0.390. The number of aromatic nitrogens is 2. The first-order valence-electron chi connectivity index (χ1n) is 9.78. The number of hydrogen-bond donors (Lipinski definition) is 1. The molecule has 0 saturated heterocycles. The number of rotatable bonds is 5. The smallest absolute Gasteiger partial charge is 0.416 e. The minimum atomic E-state index is -4.55. The lowest BCUT2D eigenvalue weighted by Gasteiger charge is -2.14. The lowest BCUT2D eigenvalue weighted by Crippen LogP contribution is -2.29. The van der Waals surface area contributed by atoms with E-state index >= 15 is 0 Å².